The number of fused-ring (bicyclic) bond motifs is 1. The van der Waals surface area contributed by atoms with Crippen LogP contribution in [0, 0.1) is 0 Å². The van der Waals surface area contributed by atoms with Crippen LogP contribution in [-0.2, 0) is 13.0 Å². The minimum atomic E-state index is -0.270. The lowest BCUT2D eigenvalue weighted by atomic mass is 10.0. The normalized spacial score (nSPS) is 12.1. The number of hydrogen-bond acceptors (Lipinski definition) is 4. The average Bonchev–Trinajstić information content (AvgIpc) is 3.24. The Morgan fingerprint density at radius 3 is 2.59 bits per heavy atom. The Balaban J connectivity index is 1.75. The van der Waals surface area contributed by atoms with E-state index in [4.69, 9.17) is 4.98 Å². The van der Waals surface area contributed by atoms with Crippen molar-refractivity contribution in [3.63, 3.8) is 0 Å². The predicted molar refractivity (Wildman–Crippen MR) is 140 cm³/mol. The maximum atomic E-state index is 13.1. The third kappa shape index (κ3) is 5.86. The van der Waals surface area contributed by atoms with Gasteiger partial charge in [-0.3, -0.25) is 9.78 Å². The van der Waals surface area contributed by atoms with Crippen molar-refractivity contribution in [2.24, 2.45) is 0 Å². The summed E-state index contributed by atoms with van der Waals surface area (Å²) >= 11 is 1.86. The molecule has 4 rings (SSSR count). The first-order valence-electron chi connectivity index (χ1n) is 12.1. The summed E-state index contributed by atoms with van der Waals surface area (Å²) in [5.74, 6) is 1.80. The number of carbonyl (C=O) groups is 1. The van der Waals surface area contributed by atoms with Crippen LogP contribution in [0.1, 0.15) is 61.0 Å². The molecule has 0 fully saturated rings. The summed E-state index contributed by atoms with van der Waals surface area (Å²) in [6.07, 6.45) is 5.58. The van der Waals surface area contributed by atoms with Gasteiger partial charge in [-0.15, -0.1) is 11.8 Å². The van der Waals surface area contributed by atoms with Gasteiger partial charge >= 0.3 is 0 Å². The molecule has 0 aliphatic rings. The molecule has 1 N–H and O–H groups in total. The molecule has 5 nitrogen and oxygen atoms in total. The van der Waals surface area contributed by atoms with Crippen LogP contribution in [0.3, 0.4) is 0 Å². The SMILES string of the molecule is CCCCn1c(C(Cc2ccccc2)NC(=O)c2ccccn2)nc2cc(SCCC)ccc21. The van der Waals surface area contributed by atoms with Gasteiger partial charge in [-0.05, 0) is 60.9 Å². The molecule has 0 radical (unpaired) electrons. The summed E-state index contributed by atoms with van der Waals surface area (Å²) in [5, 5.41) is 3.23. The molecule has 0 spiro atoms. The summed E-state index contributed by atoms with van der Waals surface area (Å²) in [6, 6.07) is 21.9. The highest BCUT2D eigenvalue weighted by molar-refractivity contribution is 7.99. The van der Waals surface area contributed by atoms with Gasteiger partial charge in [0.05, 0.1) is 17.1 Å². The molecule has 6 heteroatoms. The molecule has 2 aromatic carbocycles. The third-order valence-corrected chi connectivity index (χ3v) is 6.95. The van der Waals surface area contributed by atoms with Gasteiger partial charge < -0.3 is 9.88 Å². The van der Waals surface area contributed by atoms with Gasteiger partial charge in [0.2, 0.25) is 0 Å². The van der Waals surface area contributed by atoms with Crippen LogP contribution < -0.4 is 5.32 Å². The van der Waals surface area contributed by atoms with E-state index in [1.807, 2.05) is 42.1 Å². The molecule has 2 aromatic heterocycles. The van der Waals surface area contributed by atoms with E-state index in [-0.39, 0.29) is 11.9 Å². The number of pyridine rings is 1. The summed E-state index contributed by atoms with van der Waals surface area (Å²) in [4.78, 5) is 23.7. The van der Waals surface area contributed by atoms with Gasteiger partial charge in [-0.1, -0.05) is 56.7 Å². The molecular formula is C28H32N4OS. The molecule has 1 atom stereocenters. The number of carbonyl (C=O) groups excluding carboxylic acids is 1. The number of nitrogens with zero attached hydrogens (tertiary/aromatic N) is 3. The number of aromatic nitrogens is 3. The Morgan fingerprint density at radius 1 is 1.03 bits per heavy atom. The van der Waals surface area contributed by atoms with E-state index in [1.54, 1.807) is 12.3 Å². The average molecular weight is 473 g/mol. The molecule has 0 bridgehead atoms. The van der Waals surface area contributed by atoms with Crippen LogP contribution in [0.25, 0.3) is 11.0 Å². The molecule has 4 aromatic rings. The fraction of sp³-hybridized carbons (Fsp3) is 0.321. The van der Waals surface area contributed by atoms with Gasteiger partial charge in [0, 0.05) is 17.6 Å². The highest BCUT2D eigenvalue weighted by atomic mass is 32.2. The second kappa shape index (κ2) is 11.8. The van der Waals surface area contributed by atoms with Crippen molar-refractivity contribution < 1.29 is 4.79 Å². The van der Waals surface area contributed by atoms with Gasteiger partial charge in [0.25, 0.3) is 5.91 Å². The van der Waals surface area contributed by atoms with Crippen molar-refractivity contribution in [2.75, 3.05) is 5.75 Å². The lowest BCUT2D eigenvalue weighted by Crippen LogP contribution is -2.32. The maximum Gasteiger partial charge on any atom is 0.270 e. The summed E-state index contributed by atoms with van der Waals surface area (Å²) in [6.45, 7) is 5.26. The van der Waals surface area contributed by atoms with Crippen LogP contribution in [-0.4, -0.2) is 26.2 Å². The number of rotatable bonds is 11. The number of nitrogens with one attached hydrogen (secondary N) is 1. The second-order valence-electron chi connectivity index (χ2n) is 8.40. The molecule has 2 heterocycles. The van der Waals surface area contributed by atoms with E-state index in [9.17, 15) is 4.79 Å². The van der Waals surface area contributed by atoms with Crippen LogP contribution in [0.2, 0.25) is 0 Å². The van der Waals surface area contributed by atoms with Crippen molar-refractivity contribution in [2.45, 2.75) is 57.0 Å². The Bertz CT molecular complexity index is 1210. The topological polar surface area (TPSA) is 59.8 Å². The molecule has 1 amide bonds. The molecule has 0 saturated carbocycles. The Hall–Kier alpha value is -3.12. The van der Waals surface area contributed by atoms with Gasteiger partial charge in [0.1, 0.15) is 11.5 Å². The standard InChI is InChI=1S/C28H32N4OS/c1-3-5-17-32-26-15-14-22(34-18-4-2)20-24(26)30-27(32)25(19-21-11-7-6-8-12-21)31-28(33)23-13-9-10-16-29-23/h6-16,20,25H,3-5,17-19H2,1-2H3,(H,31,33). The number of benzene rings is 2. The molecule has 34 heavy (non-hydrogen) atoms. The fourth-order valence-corrected chi connectivity index (χ4v) is 4.84. The molecule has 176 valence electrons. The minimum absolute atomic E-state index is 0.185. The van der Waals surface area contributed by atoms with E-state index in [0.29, 0.717) is 12.1 Å². The van der Waals surface area contributed by atoms with Crippen LogP contribution in [0.15, 0.2) is 77.8 Å². The Morgan fingerprint density at radius 2 is 1.85 bits per heavy atom. The van der Waals surface area contributed by atoms with Crippen molar-refractivity contribution in [3.05, 3.63) is 90.0 Å². The summed E-state index contributed by atoms with van der Waals surface area (Å²) in [5.41, 5.74) is 3.67. The zero-order valence-corrected chi connectivity index (χ0v) is 20.7. The van der Waals surface area contributed by atoms with E-state index in [1.165, 1.54) is 4.90 Å². The van der Waals surface area contributed by atoms with Crippen molar-refractivity contribution >= 4 is 28.7 Å². The number of unbranched alkanes of at least 4 members (excludes halogenated alkanes) is 1. The first-order chi connectivity index (χ1) is 16.7. The largest absolute Gasteiger partial charge is 0.340 e. The van der Waals surface area contributed by atoms with Crippen LogP contribution >= 0.6 is 11.8 Å². The van der Waals surface area contributed by atoms with E-state index >= 15 is 0 Å². The van der Waals surface area contributed by atoms with Gasteiger partial charge in [-0.25, -0.2) is 4.98 Å². The maximum absolute atomic E-state index is 13.1. The summed E-state index contributed by atoms with van der Waals surface area (Å²) < 4.78 is 2.29. The zero-order valence-electron chi connectivity index (χ0n) is 19.9. The highest BCUT2D eigenvalue weighted by Crippen LogP contribution is 2.28. The minimum Gasteiger partial charge on any atom is -0.340 e. The second-order valence-corrected chi connectivity index (χ2v) is 9.57. The first kappa shape index (κ1) is 24.0. The predicted octanol–water partition coefficient (Wildman–Crippen LogP) is 6.45. The molecule has 0 aliphatic heterocycles. The number of aryl methyl sites for hydroxylation is 1. The van der Waals surface area contributed by atoms with E-state index < -0.39 is 0 Å². The van der Waals surface area contributed by atoms with Crippen molar-refractivity contribution in [3.8, 4) is 0 Å². The quantitative estimate of drug-likeness (QED) is 0.255. The highest BCUT2D eigenvalue weighted by Gasteiger charge is 2.24. The van der Waals surface area contributed by atoms with E-state index in [2.05, 4.69) is 59.0 Å². The van der Waals surface area contributed by atoms with Crippen LogP contribution in [0.5, 0.6) is 0 Å². The third-order valence-electron chi connectivity index (χ3n) is 5.75. The van der Waals surface area contributed by atoms with Gasteiger partial charge in [-0.2, -0.15) is 0 Å². The summed E-state index contributed by atoms with van der Waals surface area (Å²) in [7, 11) is 0. The zero-order chi connectivity index (χ0) is 23.8. The number of imidazole rings is 1. The lowest BCUT2D eigenvalue weighted by molar-refractivity contribution is 0.0929. The first-order valence-corrected chi connectivity index (χ1v) is 13.1. The smallest absolute Gasteiger partial charge is 0.270 e. The lowest BCUT2D eigenvalue weighted by Gasteiger charge is -2.20. The van der Waals surface area contributed by atoms with E-state index in [0.717, 1.165) is 54.0 Å². The fourth-order valence-electron chi connectivity index (χ4n) is 4.04. The van der Waals surface area contributed by atoms with Crippen molar-refractivity contribution in [1.29, 1.82) is 0 Å². The number of amides is 1. The Labute approximate surface area is 206 Å². The van der Waals surface area contributed by atoms with Gasteiger partial charge in [0.15, 0.2) is 0 Å². The molecule has 0 aliphatic carbocycles. The molecule has 0 saturated heterocycles. The van der Waals surface area contributed by atoms with Crippen LogP contribution in [0.4, 0.5) is 0 Å². The number of thioether (sulfide) groups is 1. The monoisotopic (exact) mass is 472 g/mol. The van der Waals surface area contributed by atoms with Crippen molar-refractivity contribution in [1.82, 2.24) is 19.9 Å². The Kier molecular flexibility index (Phi) is 8.36. The molecule has 1 unspecified atom stereocenters. The molecular weight excluding hydrogens is 440 g/mol. The number of hydrogen-bond donors (Lipinski definition) is 1.